The zero-order valence-corrected chi connectivity index (χ0v) is 12.1. The lowest BCUT2D eigenvalue weighted by atomic mass is 10.2. The van der Waals surface area contributed by atoms with Gasteiger partial charge in [0, 0.05) is 17.5 Å². The van der Waals surface area contributed by atoms with E-state index in [-0.39, 0.29) is 5.91 Å². The summed E-state index contributed by atoms with van der Waals surface area (Å²) in [7, 11) is 0. The number of nitrogens with zero attached hydrogens (tertiary/aromatic N) is 1. The maximum absolute atomic E-state index is 11.0. The fraction of sp³-hybridized carbons (Fsp3) is 0.312. The van der Waals surface area contributed by atoms with Gasteiger partial charge in [0.1, 0.15) is 0 Å². The molecule has 2 aromatic rings. The first-order chi connectivity index (χ1) is 9.74. The van der Waals surface area contributed by atoms with E-state index in [1.54, 1.807) is 0 Å². The van der Waals surface area contributed by atoms with Gasteiger partial charge < -0.3 is 5.73 Å². The highest BCUT2D eigenvalue weighted by Gasteiger charge is 2.34. The third-order valence-electron chi connectivity index (χ3n) is 3.67. The van der Waals surface area contributed by atoms with E-state index in [1.807, 2.05) is 12.1 Å². The number of thiophene rings is 1. The van der Waals surface area contributed by atoms with Gasteiger partial charge in [0.15, 0.2) is 0 Å². The van der Waals surface area contributed by atoms with Crippen LogP contribution in [0.3, 0.4) is 0 Å². The molecule has 2 N–H and O–H groups in total. The summed E-state index contributed by atoms with van der Waals surface area (Å²) in [6, 6.07) is 15.1. The first-order valence-electron chi connectivity index (χ1n) is 6.91. The summed E-state index contributed by atoms with van der Waals surface area (Å²) in [4.78, 5) is 15.4. The van der Waals surface area contributed by atoms with E-state index in [4.69, 9.17) is 5.73 Å². The molecule has 0 aliphatic carbocycles. The maximum atomic E-state index is 11.0. The number of amides is 1. The quantitative estimate of drug-likeness (QED) is 0.830. The van der Waals surface area contributed by atoms with Gasteiger partial charge in [-0.05, 0) is 37.1 Å². The molecule has 1 aliphatic rings. The molecular formula is C16H18N2OS. The van der Waals surface area contributed by atoms with Crippen molar-refractivity contribution in [2.45, 2.75) is 18.9 Å². The van der Waals surface area contributed by atoms with E-state index in [9.17, 15) is 4.79 Å². The van der Waals surface area contributed by atoms with Crippen molar-refractivity contribution < 1.29 is 4.79 Å². The first-order valence-corrected chi connectivity index (χ1v) is 7.73. The number of primary amides is 1. The lowest BCUT2D eigenvalue weighted by molar-refractivity contribution is 0.100. The molecule has 104 valence electrons. The van der Waals surface area contributed by atoms with Gasteiger partial charge in [0.2, 0.25) is 0 Å². The molecule has 2 atom stereocenters. The normalized spacial score (nSPS) is 20.8. The Hall–Kier alpha value is -1.65. The number of hydrogen-bond donors (Lipinski definition) is 1. The van der Waals surface area contributed by atoms with E-state index in [2.05, 4.69) is 35.2 Å². The van der Waals surface area contributed by atoms with Gasteiger partial charge in [-0.3, -0.25) is 9.69 Å². The molecule has 2 unspecified atom stereocenters. The molecule has 0 saturated carbocycles. The topological polar surface area (TPSA) is 46.1 Å². The van der Waals surface area contributed by atoms with E-state index in [0.29, 0.717) is 10.9 Å². The highest BCUT2D eigenvalue weighted by molar-refractivity contribution is 7.14. The van der Waals surface area contributed by atoms with Crippen LogP contribution < -0.4 is 5.73 Å². The number of nitrogens with two attached hydrogens (primary N) is 1. The van der Waals surface area contributed by atoms with Crippen LogP contribution in [0.5, 0.6) is 0 Å². The number of hydrogen-bond acceptors (Lipinski definition) is 3. The van der Waals surface area contributed by atoms with Crippen LogP contribution in [0.25, 0.3) is 0 Å². The van der Waals surface area contributed by atoms with Gasteiger partial charge in [-0.15, -0.1) is 11.3 Å². The second kappa shape index (κ2) is 5.77. The summed E-state index contributed by atoms with van der Waals surface area (Å²) in [5.41, 5.74) is 6.68. The third kappa shape index (κ3) is 3.08. The summed E-state index contributed by atoms with van der Waals surface area (Å²) in [6.45, 7) is 2.28. The average molecular weight is 286 g/mol. The summed E-state index contributed by atoms with van der Waals surface area (Å²) < 4.78 is 0. The van der Waals surface area contributed by atoms with Crippen molar-refractivity contribution >= 4 is 17.2 Å². The average Bonchev–Trinajstić information content (AvgIpc) is 3.07. The Kier molecular flexibility index (Phi) is 3.85. The predicted octanol–water partition coefficient (Wildman–Crippen LogP) is 2.84. The minimum absolute atomic E-state index is 0.323. The van der Waals surface area contributed by atoms with Crippen LogP contribution in [0, 0.1) is 0 Å². The van der Waals surface area contributed by atoms with Crippen molar-refractivity contribution in [3.8, 4) is 0 Å². The number of benzene rings is 1. The summed E-state index contributed by atoms with van der Waals surface area (Å²) >= 11 is 1.52. The third-order valence-corrected chi connectivity index (χ3v) is 4.83. The molecule has 0 bridgehead atoms. The molecule has 20 heavy (non-hydrogen) atoms. The highest BCUT2D eigenvalue weighted by atomic mass is 32.1. The minimum Gasteiger partial charge on any atom is -0.365 e. The molecule has 3 nitrogen and oxygen atoms in total. The van der Waals surface area contributed by atoms with Crippen molar-refractivity contribution in [2.75, 3.05) is 13.1 Å². The Labute approximate surface area is 123 Å². The van der Waals surface area contributed by atoms with Crippen LogP contribution in [0.4, 0.5) is 0 Å². The molecule has 1 aliphatic heterocycles. The maximum Gasteiger partial charge on any atom is 0.258 e. The zero-order valence-electron chi connectivity index (χ0n) is 11.3. The van der Waals surface area contributed by atoms with Crippen molar-refractivity contribution in [1.29, 1.82) is 0 Å². The molecule has 1 fully saturated rings. The first kappa shape index (κ1) is 13.3. The van der Waals surface area contributed by atoms with Gasteiger partial charge in [-0.2, -0.15) is 0 Å². The van der Waals surface area contributed by atoms with Gasteiger partial charge in [-0.1, -0.05) is 30.3 Å². The lowest BCUT2D eigenvalue weighted by Crippen LogP contribution is -2.08. The minimum atomic E-state index is -0.323. The van der Waals surface area contributed by atoms with Crippen LogP contribution in [0.2, 0.25) is 0 Å². The van der Waals surface area contributed by atoms with Gasteiger partial charge in [-0.25, -0.2) is 0 Å². The van der Waals surface area contributed by atoms with Crippen LogP contribution in [-0.2, 0) is 6.42 Å². The largest absolute Gasteiger partial charge is 0.365 e. The summed E-state index contributed by atoms with van der Waals surface area (Å²) in [6.07, 6.45) is 2.15. The van der Waals surface area contributed by atoms with E-state index >= 15 is 0 Å². The second-order valence-electron chi connectivity index (χ2n) is 5.16. The van der Waals surface area contributed by atoms with E-state index in [1.165, 1.54) is 28.3 Å². The van der Waals surface area contributed by atoms with Crippen LogP contribution in [0.1, 0.15) is 32.6 Å². The molecular weight excluding hydrogens is 268 g/mol. The predicted molar refractivity (Wildman–Crippen MR) is 81.9 cm³/mol. The highest BCUT2D eigenvalue weighted by Crippen LogP contribution is 2.34. The number of aryl methyl sites for hydroxylation is 1. The molecule has 1 aromatic heterocycles. The Morgan fingerprint density at radius 3 is 2.75 bits per heavy atom. The number of carbonyl (C=O) groups is 1. The molecule has 4 heteroatoms. The molecule has 0 spiro atoms. The smallest absolute Gasteiger partial charge is 0.258 e. The number of carbonyl (C=O) groups excluding carboxylic acids is 1. The Morgan fingerprint density at radius 2 is 2.05 bits per heavy atom. The molecule has 3 rings (SSSR count). The van der Waals surface area contributed by atoms with Crippen LogP contribution in [0.15, 0.2) is 42.5 Å². The summed E-state index contributed by atoms with van der Waals surface area (Å²) in [5, 5.41) is 0. The van der Waals surface area contributed by atoms with E-state index in [0.717, 1.165) is 19.4 Å². The SMILES string of the molecule is NC(=O)c1ccc(CCCN2CC2c2ccccc2)s1. The molecule has 1 saturated heterocycles. The van der Waals surface area contributed by atoms with E-state index < -0.39 is 0 Å². The monoisotopic (exact) mass is 286 g/mol. The van der Waals surface area contributed by atoms with Crippen molar-refractivity contribution in [1.82, 2.24) is 4.90 Å². The zero-order chi connectivity index (χ0) is 13.9. The van der Waals surface area contributed by atoms with Gasteiger partial charge in [0.05, 0.1) is 4.88 Å². The van der Waals surface area contributed by atoms with Gasteiger partial charge in [0.25, 0.3) is 5.91 Å². The second-order valence-corrected chi connectivity index (χ2v) is 6.32. The van der Waals surface area contributed by atoms with Gasteiger partial charge >= 0.3 is 0 Å². The Morgan fingerprint density at radius 1 is 1.25 bits per heavy atom. The summed E-state index contributed by atoms with van der Waals surface area (Å²) in [5.74, 6) is -0.323. The van der Waals surface area contributed by atoms with Crippen LogP contribution >= 0.6 is 11.3 Å². The van der Waals surface area contributed by atoms with Crippen molar-refractivity contribution in [3.05, 3.63) is 57.8 Å². The van der Waals surface area contributed by atoms with Crippen molar-refractivity contribution in [2.24, 2.45) is 5.73 Å². The molecule has 1 aromatic carbocycles. The Bertz CT molecular complexity index is 594. The molecule has 0 radical (unpaired) electrons. The van der Waals surface area contributed by atoms with Crippen molar-refractivity contribution in [3.63, 3.8) is 0 Å². The molecule has 1 amide bonds. The standard InChI is InChI=1S/C16H18N2OS/c17-16(19)15-9-8-13(20-15)7-4-10-18-11-14(18)12-5-2-1-3-6-12/h1-3,5-6,8-9,14H,4,7,10-11H2,(H2,17,19). The Balaban J connectivity index is 1.44. The van der Waals surface area contributed by atoms with Crippen LogP contribution in [-0.4, -0.2) is 23.9 Å². The lowest BCUT2D eigenvalue weighted by Gasteiger charge is -2.03. The fourth-order valence-corrected chi connectivity index (χ4v) is 3.42. The fourth-order valence-electron chi connectivity index (χ4n) is 2.51. The number of rotatable bonds is 6. The molecule has 2 heterocycles.